The topological polar surface area (TPSA) is 321 Å². The number of nitrogens with two attached hydrogens (primary N) is 1. The van der Waals surface area contributed by atoms with Crippen LogP contribution in [-0.4, -0.2) is 199 Å². The number of aromatic nitrogens is 3. The number of rotatable bonds is 18. The van der Waals surface area contributed by atoms with E-state index < -0.39 is 29.5 Å². The van der Waals surface area contributed by atoms with E-state index in [1.54, 1.807) is 31.9 Å². The van der Waals surface area contributed by atoms with Crippen LogP contribution in [0.15, 0.2) is 134 Å². The molecule has 7 heterocycles. The first-order valence-corrected chi connectivity index (χ1v) is 31.9. The number of nitrogen functional groups attached to an aromatic ring is 1. The molecule has 0 spiro atoms. The minimum Gasteiger partial charge on any atom is -0.444 e. The minimum atomic E-state index is -0.560. The number of carbonyl (C=O) groups excluding carboxylic acids is 2. The number of nitrogens with zero attached hydrogens (tertiary/aromatic N) is 4. The third-order valence-electron chi connectivity index (χ3n) is 15.7. The maximum absolute atomic E-state index is 12.7. The minimum absolute atomic E-state index is 0.00698. The first-order chi connectivity index (χ1) is 44.2. The smallest absolute Gasteiger partial charge is 0.410 e. The fourth-order valence-electron chi connectivity index (χ4n) is 11.1. The van der Waals surface area contributed by atoms with Crippen molar-refractivity contribution in [3.8, 4) is 0 Å². The van der Waals surface area contributed by atoms with Crippen LogP contribution in [0.3, 0.4) is 0 Å². The van der Waals surface area contributed by atoms with Crippen LogP contribution < -0.4 is 21.7 Å². The number of hydrogen-bond donors (Lipinski definition) is 11. The van der Waals surface area contributed by atoms with Crippen molar-refractivity contribution in [1.29, 1.82) is 0 Å². The lowest BCUT2D eigenvalue weighted by Crippen LogP contribution is -2.42. The fourth-order valence-corrected chi connectivity index (χ4v) is 11.1. The number of carbonyl (C=O) groups is 2. The monoisotopic (exact) mass is 1280 g/mol. The van der Waals surface area contributed by atoms with Gasteiger partial charge in [-0.15, -0.1) is 0 Å². The summed E-state index contributed by atoms with van der Waals surface area (Å²) in [6.07, 6.45) is 4.67. The van der Waals surface area contributed by atoms with E-state index in [0.29, 0.717) is 88.3 Å². The number of aliphatic hydroxyl groups excluding tert-OH is 6. The zero-order chi connectivity index (χ0) is 66.0. The van der Waals surface area contributed by atoms with Crippen molar-refractivity contribution in [3.63, 3.8) is 0 Å². The molecule has 2 aromatic heterocycles. The van der Waals surface area contributed by atoms with Gasteiger partial charge in [-0.3, -0.25) is 0 Å². The van der Waals surface area contributed by atoms with Crippen LogP contribution in [0.5, 0.6) is 0 Å². The quantitative estimate of drug-likeness (QED) is 0.0450. The Morgan fingerprint density at radius 3 is 1.55 bits per heavy atom. The van der Waals surface area contributed by atoms with E-state index in [0.717, 1.165) is 42.7 Å². The Bertz CT molecular complexity index is 3050. The van der Waals surface area contributed by atoms with Crippen LogP contribution in [0.2, 0.25) is 0 Å². The molecule has 504 valence electrons. The van der Waals surface area contributed by atoms with E-state index in [9.17, 15) is 19.8 Å². The molecule has 2 amide bonds. The highest BCUT2D eigenvalue weighted by Crippen LogP contribution is 2.32. The first kappa shape index (κ1) is 72.7. The molecule has 23 nitrogen and oxygen atoms in total. The van der Waals surface area contributed by atoms with Gasteiger partial charge in [-0.2, -0.15) is 0 Å². The van der Waals surface area contributed by atoms with Crippen LogP contribution in [0.1, 0.15) is 108 Å². The number of aliphatic hydroxyl groups is 6. The van der Waals surface area contributed by atoms with Crippen LogP contribution in [0.4, 0.5) is 15.4 Å². The fraction of sp³-hybridized carbons (Fsp3) is 0.536. The van der Waals surface area contributed by atoms with E-state index in [-0.39, 0.29) is 81.0 Å². The van der Waals surface area contributed by atoms with Crippen molar-refractivity contribution in [3.05, 3.63) is 162 Å². The summed E-state index contributed by atoms with van der Waals surface area (Å²) in [5, 5.41) is 64.6. The van der Waals surface area contributed by atoms with Gasteiger partial charge in [0.1, 0.15) is 23.0 Å². The largest absolute Gasteiger partial charge is 0.444 e. The molecule has 11 rings (SSSR count). The van der Waals surface area contributed by atoms with Crippen molar-refractivity contribution >= 4 is 29.0 Å². The molecule has 92 heavy (non-hydrogen) atoms. The van der Waals surface area contributed by atoms with E-state index in [2.05, 4.69) is 55.2 Å². The first-order valence-electron chi connectivity index (χ1n) is 31.9. The number of nitrogens with one attached hydrogen (secondary N) is 4. The molecule has 11 atom stereocenters. The van der Waals surface area contributed by atoms with E-state index in [1.165, 1.54) is 22.4 Å². The molecule has 4 aromatic carbocycles. The van der Waals surface area contributed by atoms with Crippen LogP contribution in [0.25, 0.3) is 11.0 Å². The predicted octanol–water partition coefficient (Wildman–Crippen LogP) is 6.30. The summed E-state index contributed by atoms with van der Waals surface area (Å²) in [6.45, 7) is 16.9. The summed E-state index contributed by atoms with van der Waals surface area (Å²) in [7, 11) is 0. The van der Waals surface area contributed by atoms with Gasteiger partial charge in [0.2, 0.25) is 0 Å². The van der Waals surface area contributed by atoms with Crippen LogP contribution >= 0.6 is 0 Å². The molecule has 5 fully saturated rings. The molecule has 5 aliphatic rings. The summed E-state index contributed by atoms with van der Waals surface area (Å²) < 4.78 is 34.5. The normalized spacial score (nSPS) is 24.3. The second-order valence-corrected chi connectivity index (χ2v) is 25.8. The van der Waals surface area contributed by atoms with E-state index in [1.807, 2.05) is 118 Å². The van der Waals surface area contributed by atoms with Crippen LogP contribution in [0, 0.1) is 0 Å². The number of anilines is 1. The lowest BCUT2D eigenvalue weighted by molar-refractivity contribution is 0.00613. The molecule has 23 heteroatoms. The van der Waals surface area contributed by atoms with Crippen molar-refractivity contribution in [2.75, 3.05) is 64.9 Å². The Morgan fingerprint density at radius 1 is 0.554 bits per heavy atom. The highest BCUT2D eigenvalue weighted by atomic mass is 16.6. The number of aromatic amines is 1. The molecular weight excluding hydrogens is 1180 g/mol. The highest BCUT2D eigenvalue weighted by molar-refractivity contribution is 5.87. The lowest BCUT2D eigenvalue weighted by atomic mass is 10.0. The second kappa shape index (κ2) is 36.7. The van der Waals surface area contributed by atoms with Gasteiger partial charge in [-0.25, -0.2) is 19.6 Å². The molecule has 0 saturated carbocycles. The van der Waals surface area contributed by atoms with Crippen LogP contribution in [-0.2, 0) is 54.8 Å². The number of amides is 2. The van der Waals surface area contributed by atoms with Gasteiger partial charge < -0.3 is 95.5 Å². The van der Waals surface area contributed by atoms with Crippen molar-refractivity contribution < 1.29 is 68.6 Å². The van der Waals surface area contributed by atoms with Gasteiger partial charge in [0.15, 0.2) is 5.82 Å². The van der Waals surface area contributed by atoms with Gasteiger partial charge in [-0.05, 0) is 95.9 Å². The van der Waals surface area contributed by atoms with E-state index >= 15 is 0 Å². The molecule has 0 aliphatic carbocycles. The number of H-pyrrole nitrogens is 1. The molecule has 6 aromatic rings. The highest BCUT2D eigenvalue weighted by Gasteiger charge is 2.40. The third kappa shape index (κ3) is 24.3. The summed E-state index contributed by atoms with van der Waals surface area (Å²) in [5.41, 5.74) is 11.6. The van der Waals surface area contributed by atoms with Crippen molar-refractivity contribution in [1.82, 2.24) is 40.7 Å². The molecule has 12 N–H and O–H groups in total. The summed E-state index contributed by atoms with van der Waals surface area (Å²) >= 11 is 0. The Balaban J connectivity index is 0.000000171. The van der Waals surface area contributed by atoms with Gasteiger partial charge >= 0.3 is 12.2 Å². The Kier molecular flexibility index (Phi) is 29.0. The molecule has 0 radical (unpaired) electrons. The third-order valence-corrected chi connectivity index (χ3v) is 15.7. The van der Waals surface area contributed by atoms with E-state index in [4.69, 9.17) is 54.6 Å². The summed E-state index contributed by atoms with van der Waals surface area (Å²) in [5.74, 6) is 0.387. The Morgan fingerprint density at radius 2 is 1.07 bits per heavy atom. The SMILES string of the molecule is CC(C)(C)OC(=O)N1C[C@H](O)C[C@H]1CO.CC(C)(C)OC(=O)N1C[C@H](OCc2ccccc2)C[C@H]1COCc1ccccc1.Nc1ncnc2c([C@@H]3N[C@H](CO)C[C@H]3O)c[nH]c12.OC[C@@H]1C[C@@H](O)CN1.c1ccc(COC[C@@H]2C[C@@H](OCc3ccccc3)CN2)cc1. The lowest BCUT2D eigenvalue weighted by Gasteiger charge is -2.28. The number of ether oxygens (including phenoxy) is 6. The van der Waals surface area contributed by atoms with Gasteiger partial charge in [0, 0.05) is 43.0 Å². The van der Waals surface area contributed by atoms with Gasteiger partial charge in [0.05, 0.1) is 127 Å². The standard InChI is InChI=1S/C24H31NO4.C19H23NO2.C11H15N5O2.C10H19NO4.C5H11NO2/c1-24(2,3)29-23(26)25-15-22(28-17-20-12-8-5-9-13-20)14-21(25)18-27-16-19-10-6-4-7-11-19;1-3-7-16(8-4-1)13-21-15-18-11-19(12-20-18)22-14-17-9-5-2-6-10-17;12-11-10-9(14-4-15-11)6(2-13-10)8-7(18)1-5(3-17)16-8;1-10(2,3)15-9(14)11-5-8(13)4-7(11)6-12;7-3-4-1-5(8)2-6-4/h4-13,21-22H,14-18H2,1-3H3;1-10,18-20H,11-15H2;2,4-5,7-8,13,16-18H,1,3H2,(H2,12,14,15);7-8,12-13H,4-6H2,1-3H3;4-8H,1-3H2/t21-,22+;18-,19+;5-,7+,8-;7-,8+;4-,5+/m00000/s1. The zero-order valence-corrected chi connectivity index (χ0v) is 54.1. The summed E-state index contributed by atoms with van der Waals surface area (Å²) in [4.78, 5) is 38.6. The maximum atomic E-state index is 12.7. The van der Waals surface area contributed by atoms with Crippen molar-refractivity contribution in [2.24, 2.45) is 0 Å². The average Bonchev–Trinajstić information content (AvgIpc) is 1.72. The Hall–Kier alpha value is -6.68. The Labute approximate surface area is 540 Å². The number of likely N-dealkylation sites (tertiary alicyclic amines) is 2. The predicted molar refractivity (Wildman–Crippen MR) is 350 cm³/mol. The molecule has 0 bridgehead atoms. The average molecular weight is 1280 g/mol. The summed E-state index contributed by atoms with van der Waals surface area (Å²) in [6, 6.07) is 40.5. The molecule has 0 unspecified atom stereocenters. The molecule has 5 aliphatic heterocycles. The zero-order valence-electron chi connectivity index (χ0n) is 54.1. The number of β-amino-alcohol motifs (C(OH)–C–C–N with tert-alkyl or cyclic N) is 2. The number of hydrogen-bond acceptors (Lipinski definition) is 20. The maximum Gasteiger partial charge on any atom is 0.410 e. The number of fused-ring (bicyclic) bond motifs is 1. The number of benzene rings is 4. The van der Waals surface area contributed by atoms with Gasteiger partial charge in [0.25, 0.3) is 0 Å². The van der Waals surface area contributed by atoms with Gasteiger partial charge in [-0.1, -0.05) is 121 Å². The molecular formula is C69H99N9O14. The molecule has 5 saturated heterocycles. The van der Waals surface area contributed by atoms with Crippen molar-refractivity contribution in [2.45, 2.75) is 178 Å². The second-order valence-electron chi connectivity index (χ2n) is 25.8.